The number of aliphatic hydroxyl groups is 1. The van der Waals surface area contributed by atoms with Gasteiger partial charge in [-0.15, -0.1) is 30.6 Å². The first-order chi connectivity index (χ1) is 9.02. The number of nitrogens with zero attached hydrogens (tertiary/aromatic N) is 2. The fraction of sp³-hybridized carbons (Fsp3) is 0.800. The van der Waals surface area contributed by atoms with Gasteiger partial charge in [-0.2, -0.15) is 0 Å². The predicted octanol–water partition coefficient (Wildman–Crippen LogP) is 2.88. The van der Waals surface area contributed by atoms with Crippen LogP contribution in [0.3, 0.4) is 0 Å². The zero-order valence-electron chi connectivity index (χ0n) is 13.5. The van der Waals surface area contributed by atoms with Gasteiger partial charge in [-0.1, -0.05) is 19.9 Å². The van der Waals surface area contributed by atoms with Crippen molar-refractivity contribution in [3.05, 3.63) is 12.7 Å². The van der Waals surface area contributed by atoms with E-state index in [1.54, 1.807) is 0 Å². The Labute approximate surface area is 141 Å². The van der Waals surface area contributed by atoms with Crippen LogP contribution in [-0.2, 0) is 0 Å². The minimum absolute atomic E-state index is 0. The lowest BCUT2D eigenvalue weighted by Gasteiger charge is -2.26. The number of nitrogens with one attached hydrogen (secondary N) is 1. The normalized spacial score (nSPS) is 14.2. The van der Waals surface area contributed by atoms with Gasteiger partial charge >= 0.3 is 0 Å². The van der Waals surface area contributed by atoms with Crippen molar-refractivity contribution >= 4 is 29.9 Å². The Hall–Kier alpha value is -0.300. The summed E-state index contributed by atoms with van der Waals surface area (Å²) in [4.78, 5) is 6.79. The Bertz CT molecular complexity index is 278. The molecule has 0 amide bonds. The van der Waals surface area contributed by atoms with Crippen LogP contribution in [0.2, 0.25) is 0 Å². The molecule has 2 N–H and O–H groups in total. The fourth-order valence-corrected chi connectivity index (χ4v) is 1.59. The molecule has 1 atom stereocenters. The summed E-state index contributed by atoms with van der Waals surface area (Å²) in [5.41, 5.74) is -0.122. The van der Waals surface area contributed by atoms with Crippen LogP contribution < -0.4 is 5.32 Å². The molecule has 0 aliphatic rings. The van der Waals surface area contributed by atoms with Gasteiger partial charge in [0, 0.05) is 25.6 Å². The highest BCUT2D eigenvalue weighted by Gasteiger charge is 2.21. The molecule has 0 aromatic carbocycles. The second-order valence-electron chi connectivity index (χ2n) is 5.34. The van der Waals surface area contributed by atoms with E-state index in [4.69, 9.17) is 0 Å². The van der Waals surface area contributed by atoms with Crippen LogP contribution in [0.1, 0.15) is 40.0 Å². The summed E-state index contributed by atoms with van der Waals surface area (Å²) in [5, 5.41) is 12.7. The number of hydrogen-bond donors (Lipinski definition) is 2. The fourth-order valence-electron chi connectivity index (χ4n) is 1.59. The first-order valence-electron chi connectivity index (χ1n) is 7.24. The van der Waals surface area contributed by atoms with Gasteiger partial charge < -0.3 is 15.3 Å². The molecule has 120 valence electrons. The summed E-state index contributed by atoms with van der Waals surface area (Å²) in [6.45, 7) is 12.6. The van der Waals surface area contributed by atoms with Gasteiger partial charge in [0.05, 0.1) is 13.2 Å². The quantitative estimate of drug-likeness (QED) is 0.207. The lowest BCUT2D eigenvalue weighted by molar-refractivity contribution is 0.145. The molecule has 0 saturated heterocycles. The van der Waals surface area contributed by atoms with E-state index in [0.717, 1.165) is 38.3 Å². The van der Waals surface area contributed by atoms with Gasteiger partial charge in [-0.25, -0.2) is 0 Å². The predicted molar refractivity (Wildman–Crippen MR) is 98.9 cm³/mol. The molecule has 5 heteroatoms. The van der Waals surface area contributed by atoms with Gasteiger partial charge in [-0.3, -0.25) is 4.99 Å². The highest BCUT2D eigenvalue weighted by atomic mass is 127. The highest BCUT2D eigenvalue weighted by Crippen LogP contribution is 2.20. The van der Waals surface area contributed by atoms with E-state index in [1.165, 1.54) is 0 Å². The minimum Gasteiger partial charge on any atom is -0.396 e. The van der Waals surface area contributed by atoms with E-state index in [-0.39, 0.29) is 36.0 Å². The van der Waals surface area contributed by atoms with Gasteiger partial charge in [0.1, 0.15) is 0 Å². The molecule has 0 bridgehead atoms. The summed E-state index contributed by atoms with van der Waals surface area (Å²) in [7, 11) is 2.05. The number of guanidine groups is 1. The Morgan fingerprint density at radius 1 is 1.45 bits per heavy atom. The van der Waals surface area contributed by atoms with E-state index >= 15 is 0 Å². The third kappa shape index (κ3) is 8.79. The van der Waals surface area contributed by atoms with Crippen molar-refractivity contribution in [1.82, 2.24) is 10.2 Å². The van der Waals surface area contributed by atoms with Crippen LogP contribution in [0.15, 0.2) is 17.6 Å². The standard InChI is InChI=1S/C15H31N3O.HI/c1-6-9-10-11-18(5)14(16-8-3)17-12-15(4,7-2)13-19;/h6,19H,1,7-13H2,2-5H3,(H,16,17);1H. The Kier molecular flexibility index (Phi) is 13.7. The van der Waals surface area contributed by atoms with Crippen molar-refractivity contribution in [2.24, 2.45) is 10.4 Å². The second kappa shape index (κ2) is 12.4. The van der Waals surface area contributed by atoms with E-state index < -0.39 is 0 Å². The van der Waals surface area contributed by atoms with Gasteiger partial charge in [0.2, 0.25) is 0 Å². The SMILES string of the molecule is C=CCCCN(C)C(=NCC(C)(CC)CO)NCC.I. The summed E-state index contributed by atoms with van der Waals surface area (Å²) in [6.07, 6.45) is 4.97. The molecule has 0 spiro atoms. The van der Waals surface area contributed by atoms with Crippen LogP contribution in [0.4, 0.5) is 0 Å². The number of aliphatic hydroxyl groups excluding tert-OH is 1. The minimum atomic E-state index is -0.122. The highest BCUT2D eigenvalue weighted by molar-refractivity contribution is 14.0. The second-order valence-corrected chi connectivity index (χ2v) is 5.34. The van der Waals surface area contributed by atoms with E-state index in [0.29, 0.717) is 6.54 Å². The van der Waals surface area contributed by atoms with Crippen molar-refractivity contribution < 1.29 is 5.11 Å². The smallest absolute Gasteiger partial charge is 0.193 e. The Morgan fingerprint density at radius 2 is 2.10 bits per heavy atom. The summed E-state index contributed by atoms with van der Waals surface area (Å²) in [6, 6.07) is 0. The lowest BCUT2D eigenvalue weighted by Crippen LogP contribution is -2.40. The average molecular weight is 397 g/mol. The number of hydrogen-bond acceptors (Lipinski definition) is 2. The molecule has 0 radical (unpaired) electrons. The molecular formula is C15H32IN3O. The number of allylic oxidation sites excluding steroid dienone is 1. The van der Waals surface area contributed by atoms with Crippen LogP contribution in [0, 0.1) is 5.41 Å². The molecular weight excluding hydrogens is 365 g/mol. The molecule has 20 heavy (non-hydrogen) atoms. The molecule has 0 heterocycles. The summed E-state index contributed by atoms with van der Waals surface area (Å²) in [5.74, 6) is 0.916. The third-order valence-corrected chi connectivity index (χ3v) is 3.44. The number of unbranched alkanes of at least 4 members (excludes halogenated alkanes) is 1. The van der Waals surface area contributed by atoms with Crippen molar-refractivity contribution in [1.29, 1.82) is 0 Å². The van der Waals surface area contributed by atoms with Crippen molar-refractivity contribution in [3.8, 4) is 0 Å². The molecule has 0 aromatic rings. The molecule has 0 aliphatic heterocycles. The maximum absolute atomic E-state index is 9.43. The van der Waals surface area contributed by atoms with Gasteiger partial charge in [-0.05, 0) is 26.2 Å². The largest absolute Gasteiger partial charge is 0.396 e. The molecule has 0 rings (SSSR count). The summed E-state index contributed by atoms with van der Waals surface area (Å²) >= 11 is 0. The molecule has 0 saturated carbocycles. The van der Waals surface area contributed by atoms with E-state index in [2.05, 4.69) is 42.6 Å². The Morgan fingerprint density at radius 3 is 2.55 bits per heavy atom. The lowest BCUT2D eigenvalue weighted by atomic mass is 9.89. The number of rotatable bonds is 9. The monoisotopic (exact) mass is 397 g/mol. The molecule has 4 nitrogen and oxygen atoms in total. The topological polar surface area (TPSA) is 47.9 Å². The van der Waals surface area contributed by atoms with E-state index in [1.807, 2.05) is 13.1 Å². The first kappa shape index (κ1) is 22.0. The zero-order chi connectivity index (χ0) is 14.7. The molecule has 1 unspecified atom stereocenters. The van der Waals surface area contributed by atoms with Gasteiger partial charge in [0.25, 0.3) is 0 Å². The van der Waals surface area contributed by atoms with Crippen LogP contribution in [0.25, 0.3) is 0 Å². The third-order valence-electron chi connectivity index (χ3n) is 3.44. The summed E-state index contributed by atoms with van der Waals surface area (Å²) < 4.78 is 0. The van der Waals surface area contributed by atoms with Crippen molar-refractivity contribution in [2.45, 2.75) is 40.0 Å². The molecule has 0 aromatic heterocycles. The maximum atomic E-state index is 9.43. The van der Waals surface area contributed by atoms with Gasteiger partial charge in [0.15, 0.2) is 5.96 Å². The molecule has 0 fully saturated rings. The van der Waals surface area contributed by atoms with Crippen molar-refractivity contribution in [3.63, 3.8) is 0 Å². The van der Waals surface area contributed by atoms with Crippen LogP contribution in [0.5, 0.6) is 0 Å². The Balaban J connectivity index is 0. The average Bonchev–Trinajstić information content (AvgIpc) is 2.43. The van der Waals surface area contributed by atoms with Crippen LogP contribution in [-0.4, -0.2) is 49.3 Å². The number of halogens is 1. The zero-order valence-corrected chi connectivity index (χ0v) is 15.8. The molecule has 0 aliphatic carbocycles. The van der Waals surface area contributed by atoms with Crippen LogP contribution >= 0.6 is 24.0 Å². The van der Waals surface area contributed by atoms with Crippen molar-refractivity contribution in [2.75, 3.05) is 33.3 Å². The van der Waals surface area contributed by atoms with E-state index in [9.17, 15) is 5.11 Å². The first-order valence-corrected chi connectivity index (χ1v) is 7.24. The number of aliphatic imine (C=N–C) groups is 1. The maximum Gasteiger partial charge on any atom is 0.193 e.